The van der Waals surface area contributed by atoms with Crippen molar-refractivity contribution in [1.82, 2.24) is 14.9 Å². The zero-order chi connectivity index (χ0) is 13.6. The van der Waals surface area contributed by atoms with Gasteiger partial charge >= 0.3 is 0 Å². The number of rotatable bonds is 8. The van der Waals surface area contributed by atoms with Gasteiger partial charge in [-0.2, -0.15) is 0 Å². The van der Waals surface area contributed by atoms with Crippen LogP contribution >= 0.6 is 0 Å². The first-order valence-electron chi connectivity index (χ1n) is 6.92. The van der Waals surface area contributed by atoms with Crippen LogP contribution < -0.4 is 5.32 Å². The molecule has 1 rings (SSSR count). The van der Waals surface area contributed by atoms with Crippen molar-refractivity contribution in [1.29, 1.82) is 0 Å². The molecule has 1 aromatic heterocycles. The van der Waals surface area contributed by atoms with Gasteiger partial charge in [0.1, 0.15) is 11.4 Å². The molecule has 0 aliphatic heterocycles. The number of aliphatic hydroxyl groups is 1. The Morgan fingerprint density at radius 3 is 2.83 bits per heavy atom. The highest BCUT2D eigenvalue weighted by atomic mass is 16.3. The number of aryl methyl sites for hydroxylation is 1. The minimum Gasteiger partial charge on any atom is -0.382 e. The molecule has 0 saturated heterocycles. The van der Waals surface area contributed by atoms with E-state index in [1.54, 1.807) is 6.20 Å². The highest BCUT2D eigenvalue weighted by molar-refractivity contribution is 5.03. The van der Waals surface area contributed by atoms with Crippen LogP contribution in [0.25, 0.3) is 0 Å². The lowest BCUT2D eigenvalue weighted by atomic mass is 10.0. The number of hydrogen-bond donors (Lipinski definition) is 2. The molecule has 0 bridgehead atoms. The summed E-state index contributed by atoms with van der Waals surface area (Å²) in [6.45, 7) is 11.0. The van der Waals surface area contributed by atoms with E-state index in [1.807, 2.05) is 17.7 Å². The third kappa shape index (κ3) is 4.42. The molecule has 1 aromatic rings. The second kappa shape index (κ2) is 6.90. The molecule has 1 atom stereocenters. The summed E-state index contributed by atoms with van der Waals surface area (Å²) in [5, 5.41) is 13.9. The largest absolute Gasteiger partial charge is 0.382 e. The third-order valence-electron chi connectivity index (χ3n) is 3.00. The quantitative estimate of drug-likeness (QED) is 0.698. The maximum absolute atomic E-state index is 10.5. The lowest BCUT2D eigenvalue weighted by Crippen LogP contribution is -2.32. The van der Waals surface area contributed by atoms with Crippen molar-refractivity contribution in [2.24, 2.45) is 5.92 Å². The molecular formula is C14H27N3O. The molecule has 0 saturated carbocycles. The van der Waals surface area contributed by atoms with Gasteiger partial charge in [-0.1, -0.05) is 20.8 Å². The van der Waals surface area contributed by atoms with Crippen molar-refractivity contribution in [3.8, 4) is 0 Å². The van der Waals surface area contributed by atoms with Gasteiger partial charge in [-0.3, -0.25) is 0 Å². The first-order chi connectivity index (χ1) is 8.47. The Bertz CT molecular complexity index is 345. The van der Waals surface area contributed by atoms with Gasteiger partial charge in [-0.25, -0.2) is 4.98 Å². The molecule has 0 amide bonds. The standard InChI is InChI=1S/C14H27N3O/c1-5-9-17-10-8-16-13(17)14(4,18)6-7-15-11-12(2)3/h8,10,12,15,18H,5-7,9,11H2,1-4H3. The van der Waals surface area contributed by atoms with Crippen LogP contribution in [0.3, 0.4) is 0 Å². The summed E-state index contributed by atoms with van der Waals surface area (Å²) in [7, 11) is 0. The van der Waals surface area contributed by atoms with Crippen LogP contribution in [0.5, 0.6) is 0 Å². The van der Waals surface area contributed by atoms with Crippen LogP contribution in [0.1, 0.15) is 46.4 Å². The summed E-state index contributed by atoms with van der Waals surface area (Å²) in [5.41, 5.74) is -0.858. The molecule has 18 heavy (non-hydrogen) atoms. The van der Waals surface area contributed by atoms with Gasteiger partial charge in [0.25, 0.3) is 0 Å². The molecule has 2 N–H and O–H groups in total. The van der Waals surface area contributed by atoms with Crippen molar-refractivity contribution in [3.63, 3.8) is 0 Å². The van der Waals surface area contributed by atoms with Gasteiger partial charge in [0.15, 0.2) is 0 Å². The Hall–Kier alpha value is -0.870. The van der Waals surface area contributed by atoms with Crippen LogP contribution in [0.15, 0.2) is 12.4 Å². The number of aromatic nitrogens is 2. The highest BCUT2D eigenvalue weighted by Gasteiger charge is 2.27. The number of hydrogen-bond acceptors (Lipinski definition) is 3. The Morgan fingerprint density at radius 1 is 1.50 bits per heavy atom. The summed E-state index contributed by atoms with van der Waals surface area (Å²) in [6, 6.07) is 0. The minimum absolute atomic E-state index is 0.636. The highest BCUT2D eigenvalue weighted by Crippen LogP contribution is 2.22. The van der Waals surface area contributed by atoms with Crippen LogP contribution in [-0.2, 0) is 12.1 Å². The Labute approximate surface area is 110 Å². The number of nitrogens with zero attached hydrogens (tertiary/aromatic N) is 2. The van der Waals surface area contributed by atoms with Gasteiger partial charge < -0.3 is 15.0 Å². The summed E-state index contributed by atoms with van der Waals surface area (Å²) in [4.78, 5) is 4.31. The van der Waals surface area contributed by atoms with Crippen LogP contribution in [0, 0.1) is 5.92 Å². The molecule has 0 spiro atoms. The van der Waals surface area contributed by atoms with Crippen molar-refractivity contribution in [2.75, 3.05) is 13.1 Å². The average molecular weight is 253 g/mol. The van der Waals surface area contributed by atoms with Gasteiger partial charge in [-0.15, -0.1) is 0 Å². The van der Waals surface area contributed by atoms with E-state index in [1.165, 1.54) is 0 Å². The average Bonchev–Trinajstić information content (AvgIpc) is 2.74. The van der Waals surface area contributed by atoms with E-state index in [4.69, 9.17) is 0 Å². The van der Waals surface area contributed by atoms with Crippen LogP contribution in [0.4, 0.5) is 0 Å². The van der Waals surface area contributed by atoms with Gasteiger partial charge in [-0.05, 0) is 38.8 Å². The second-order valence-electron chi connectivity index (χ2n) is 5.57. The number of nitrogens with one attached hydrogen (secondary N) is 1. The lowest BCUT2D eigenvalue weighted by molar-refractivity contribution is 0.0349. The second-order valence-corrected chi connectivity index (χ2v) is 5.57. The molecule has 4 nitrogen and oxygen atoms in total. The normalized spacial score (nSPS) is 15.0. The van der Waals surface area contributed by atoms with E-state index >= 15 is 0 Å². The fraction of sp³-hybridized carbons (Fsp3) is 0.786. The zero-order valence-corrected chi connectivity index (χ0v) is 12.1. The predicted octanol–water partition coefficient (Wildman–Crippen LogP) is 2.14. The first kappa shape index (κ1) is 15.2. The Balaban J connectivity index is 2.53. The number of imidazole rings is 1. The van der Waals surface area contributed by atoms with Crippen LogP contribution in [-0.4, -0.2) is 27.7 Å². The lowest BCUT2D eigenvalue weighted by Gasteiger charge is -2.24. The topological polar surface area (TPSA) is 50.1 Å². The van der Waals surface area contributed by atoms with Crippen molar-refractivity contribution >= 4 is 0 Å². The molecule has 104 valence electrons. The van der Waals surface area contributed by atoms with E-state index in [2.05, 4.69) is 31.1 Å². The fourth-order valence-electron chi connectivity index (χ4n) is 2.03. The van der Waals surface area contributed by atoms with Crippen LogP contribution in [0.2, 0.25) is 0 Å². The maximum Gasteiger partial charge on any atom is 0.140 e. The fourth-order valence-corrected chi connectivity index (χ4v) is 2.03. The molecular weight excluding hydrogens is 226 g/mol. The molecule has 1 heterocycles. The van der Waals surface area contributed by atoms with Crippen molar-refractivity contribution in [3.05, 3.63) is 18.2 Å². The smallest absolute Gasteiger partial charge is 0.140 e. The molecule has 0 aromatic carbocycles. The monoisotopic (exact) mass is 253 g/mol. The van der Waals surface area contributed by atoms with Gasteiger partial charge in [0.05, 0.1) is 0 Å². The first-order valence-corrected chi connectivity index (χ1v) is 6.92. The summed E-state index contributed by atoms with van der Waals surface area (Å²) in [5.74, 6) is 1.41. The molecule has 0 aliphatic carbocycles. The van der Waals surface area contributed by atoms with E-state index in [0.29, 0.717) is 12.3 Å². The Kier molecular flexibility index (Phi) is 5.82. The van der Waals surface area contributed by atoms with E-state index in [-0.39, 0.29) is 0 Å². The third-order valence-corrected chi connectivity index (χ3v) is 3.00. The molecule has 1 unspecified atom stereocenters. The maximum atomic E-state index is 10.5. The predicted molar refractivity (Wildman–Crippen MR) is 74.4 cm³/mol. The molecule has 0 fully saturated rings. The molecule has 4 heteroatoms. The summed E-state index contributed by atoms with van der Waals surface area (Å²) < 4.78 is 2.04. The summed E-state index contributed by atoms with van der Waals surface area (Å²) >= 11 is 0. The Morgan fingerprint density at radius 2 is 2.22 bits per heavy atom. The SMILES string of the molecule is CCCn1ccnc1C(C)(O)CCNCC(C)C. The van der Waals surface area contributed by atoms with E-state index in [9.17, 15) is 5.11 Å². The van der Waals surface area contributed by atoms with Gasteiger partial charge in [0, 0.05) is 18.9 Å². The molecule has 0 radical (unpaired) electrons. The zero-order valence-electron chi connectivity index (χ0n) is 12.1. The van der Waals surface area contributed by atoms with Crippen molar-refractivity contribution in [2.45, 2.75) is 52.7 Å². The van der Waals surface area contributed by atoms with E-state index < -0.39 is 5.60 Å². The summed E-state index contributed by atoms with van der Waals surface area (Å²) in [6.07, 6.45) is 5.43. The minimum atomic E-state index is -0.858. The molecule has 0 aliphatic rings. The van der Waals surface area contributed by atoms with Crippen molar-refractivity contribution < 1.29 is 5.11 Å². The van der Waals surface area contributed by atoms with Gasteiger partial charge in [0.2, 0.25) is 0 Å². The van der Waals surface area contributed by atoms with E-state index in [0.717, 1.165) is 31.9 Å².